The minimum absolute atomic E-state index is 0.208. The molecule has 0 aromatic heterocycles. The van der Waals surface area contributed by atoms with Crippen molar-refractivity contribution in [2.45, 2.75) is 13.0 Å². The lowest BCUT2D eigenvalue weighted by atomic mass is 9.99. The molecule has 1 saturated heterocycles. The number of rotatable bonds is 4. The molecule has 2 rings (SSSR count). The van der Waals surface area contributed by atoms with Crippen LogP contribution in [0, 0.1) is 5.92 Å². The molecule has 20 heavy (non-hydrogen) atoms. The molecule has 6 heteroatoms. The van der Waals surface area contributed by atoms with Gasteiger partial charge in [-0.25, -0.2) is 0 Å². The molecule has 6 nitrogen and oxygen atoms in total. The van der Waals surface area contributed by atoms with Crippen molar-refractivity contribution in [3.8, 4) is 0 Å². The molecule has 2 amide bonds. The Labute approximate surface area is 116 Å². The van der Waals surface area contributed by atoms with Crippen molar-refractivity contribution in [2.75, 3.05) is 13.1 Å². The van der Waals surface area contributed by atoms with E-state index in [1.54, 1.807) is 37.3 Å². The topological polar surface area (TPSA) is 86.7 Å². The number of nitrogens with zero attached hydrogens (tertiary/aromatic N) is 1. The molecule has 0 bridgehead atoms. The van der Waals surface area contributed by atoms with Gasteiger partial charge in [0, 0.05) is 18.7 Å². The Kier molecular flexibility index (Phi) is 4.02. The molecule has 1 aliphatic heterocycles. The average molecular weight is 276 g/mol. The van der Waals surface area contributed by atoms with Gasteiger partial charge in [-0.15, -0.1) is 0 Å². The van der Waals surface area contributed by atoms with Crippen molar-refractivity contribution >= 4 is 17.8 Å². The molecule has 0 aliphatic carbocycles. The van der Waals surface area contributed by atoms with E-state index in [2.05, 4.69) is 5.32 Å². The highest BCUT2D eigenvalue weighted by Gasteiger charge is 2.37. The molecule has 1 unspecified atom stereocenters. The third kappa shape index (κ3) is 2.96. The lowest BCUT2D eigenvalue weighted by Gasteiger charge is -2.38. The quantitative estimate of drug-likeness (QED) is 0.830. The summed E-state index contributed by atoms with van der Waals surface area (Å²) in [4.78, 5) is 36.0. The van der Waals surface area contributed by atoms with Crippen molar-refractivity contribution in [3.63, 3.8) is 0 Å². The van der Waals surface area contributed by atoms with Gasteiger partial charge < -0.3 is 15.3 Å². The van der Waals surface area contributed by atoms with Crippen LogP contribution in [0.4, 0.5) is 0 Å². The number of nitrogens with one attached hydrogen (secondary N) is 1. The SMILES string of the molecule is CC(NC(=O)c1ccccc1)C(=O)N1CC(C(=O)O)C1. The van der Waals surface area contributed by atoms with Crippen LogP contribution >= 0.6 is 0 Å². The van der Waals surface area contributed by atoms with Gasteiger partial charge in [0.25, 0.3) is 5.91 Å². The second-order valence-electron chi connectivity index (χ2n) is 4.84. The third-order valence-corrected chi connectivity index (χ3v) is 3.30. The van der Waals surface area contributed by atoms with Crippen LogP contribution in [0.15, 0.2) is 30.3 Å². The van der Waals surface area contributed by atoms with E-state index in [0.29, 0.717) is 5.56 Å². The summed E-state index contributed by atoms with van der Waals surface area (Å²) in [6.07, 6.45) is 0. The van der Waals surface area contributed by atoms with Gasteiger partial charge in [-0.05, 0) is 19.1 Å². The van der Waals surface area contributed by atoms with Crippen LogP contribution in [0.2, 0.25) is 0 Å². The summed E-state index contributed by atoms with van der Waals surface area (Å²) in [5.41, 5.74) is 0.485. The Morgan fingerprint density at radius 2 is 1.85 bits per heavy atom. The maximum atomic E-state index is 12.0. The molecule has 1 heterocycles. The molecule has 106 valence electrons. The van der Waals surface area contributed by atoms with E-state index >= 15 is 0 Å². The van der Waals surface area contributed by atoms with Crippen molar-refractivity contribution in [3.05, 3.63) is 35.9 Å². The number of hydrogen-bond donors (Lipinski definition) is 2. The zero-order valence-corrected chi connectivity index (χ0v) is 11.1. The van der Waals surface area contributed by atoms with E-state index in [1.807, 2.05) is 0 Å². The van der Waals surface area contributed by atoms with E-state index in [1.165, 1.54) is 4.90 Å². The second-order valence-corrected chi connectivity index (χ2v) is 4.84. The number of hydrogen-bond acceptors (Lipinski definition) is 3. The molecule has 0 saturated carbocycles. The fourth-order valence-electron chi connectivity index (χ4n) is 2.02. The molecule has 0 spiro atoms. The Bertz CT molecular complexity index is 523. The summed E-state index contributed by atoms with van der Waals surface area (Å²) in [6.45, 7) is 2.01. The highest BCUT2D eigenvalue weighted by atomic mass is 16.4. The maximum Gasteiger partial charge on any atom is 0.310 e. The van der Waals surface area contributed by atoms with E-state index in [-0.39, 0.29) is 24.9 Å². The lowest BCUT2D eigenvalue weighted by Crippen LogP contribution is -2.58. The molecule has 2 N–H and O–H groups in total. The predicted octanol–water partition coefficient (Wildman–Crippen LogP) is 0.348. The number of carbonyl (C=O) groups excluding carboxylic acids is 2. The first kappa shape index (κ1) is 14.0. The summed E-state index contributed by atoms with van der Waals surface area (Å²) >= 11 is 0. The van der Waals surface area contributed by atoms with Gasteiger partial charge in [-0.3, -0.25) is 14.4 Å². The largest absolute Gasteiger partial charge is 0.481 e. The Hall–Kier alpha value is -2.37. The number of carboxylic acid groups (broad SMARTS) is 1. The summed E-state index contributed by atoms with van der Waals surface area (Å²) in [5, 5.41) is 11.4. The molecule has 1 atom stereocenters. The van der Waals surface area contributed by atoms with Gasteiger partial charge in [0.2, 0.25) is 5.91 Å². The zero-order chi connectivity index (χ0) is 14.7. The Morgan fingerprint density at radius 1 is 1.25 bits per heavy atom. The number of amides is 2. The molecule has 0 radical (unpaired) electrons. The van der Waals surface area contributed by atoms with Gasteiger partial charge in [0.15, 0.2) is 0 Å². The van der Waals surface area contributed by atoms with Gasteiger partial charge in [0.05, 0.1) is 5.92 Å². The number of aliphatic carboxylic acids is 1. The third-order valence-electron chi connectivity index (χ3n) is 3.30. The summed E-state index contributed by atoms with van der Waals surface area (Å²) in [7, 11) is 0. The normalized spacial score (nSPS) is 16.1. The summed E-state index contributed by atoms with van der Waals surface area (Å²) in [5.74, 6) is -1.96. The first-order chi connectivity index (χ1) is 9.49. The average Bonchev–Trinajstić information content (AvgIpc) is 2.37. The van der Waals surface area contributed by atoms with Crippen LogP contribution < -0.4 is 5.32 Å². The molecular formula is C14H16N2O4. The number of benzene rings is 1. The van der Waals surface area contributed by atoms with Crippen molar-refractivity contribution in [2.24, 2.45) is 5.92 Å². The van der Waals surface area contributed by atoms with Gasteiger partial charge in [-0.1, -0.05) is 18.2 Å². The van der Waals surface area contributed by atoms with Crippen molar-refractivity contribution < 1.29 is 19.5 Å². The van der Waals surface area contributed by atoms with Gasteiger partial charge in [-0.2, -0.15) is 0 Å². The van der Waals surface area contributed by atoms with Crippen LogP contribution in [-0.4, -0.2) is 46.9 Å². The number of carbonyl (C=O) groups is 3. The maximum absolute atomic E-state index is 12.0. The van der Waals surface area contributed by atoms with E-state index in [9.17, 15) is 14.4 Å². The molecule has 1 aromatic rings. The second kappa shape index (κ2) is 5.73. The highest BCUT2D eigenvalue weighted by Crippen LogP contribution is 2.16. The van der Waals surface area contributed by atoms with Crippen LogP contribution in [0.3, 0.4) is 0 Å². The standard InChI is InChI=1S/C14H16N2O4/c1-9(13(18)16-7-11(8-16)14(19)20)15-12(17)10-5-3-2-4-6-10/h2-6,9,11H,7-8H2,1H3,(H,15,17)(H,19,20). The van der Waals surface area contributed by atoms with E-state index < -0.39 is 17.9 Å². The van der Waals surface area contributed by atoms with Gasteiger partial charge in [0.1, 0.15) is 6.04 Å². The lowest BCUT2D eigenvalue weighted by molar-refractivity contribution is -0.153. The monoisotopic (exact) mass is 276 g/mol. The van der Waals surface area contributed by atoms with Crippen LogP contribution in [0.25, 0.3) is 0 Å². The van der Waals surface area contributed by atoms with Crippen molar-refractivity contribution in [1.29, 1.82) is 0 Å². The molecule has 1 aliphatic rings. The van der Waals surface area contributed by atoms with Crippen LogP contribution in [0.5, 0.6) is 0 Å². The number of carboxylic acids is 1. The first-order valence-corrected chi connectivity index (χ1v) is 6.36. The molecule has 1 fully saturated rings. The zero-order valence-electron chi connectivity index (χ0n) is 11.1. The number of likely N-dealkylation sites (tertiary alicyclic amines) is 1. The smallest absolute Gasteiger partial charge is 0.310 e. The van der Waals surface area contributed by atoms with Crippen LogP contribution in [0.1, 0.15) is 17.3 Å². The van der Waals surface area contributed by atoms with Gasteiger partial charge >= 0.3 is 5.97 Å². The van der Waals surface area contributed by atoms with Crippen LogP contribution in [-0.2, 0) is 9.59 Å². The predicted molar refractivity (Wildman–Crippen MR) is 71.1 cm³/mol. The minimum Gasteiger partial charge on any atom is -0.481 e. The fraction of sp³-hybridized carbons (Fsp3) is 0.357. The Morgan fingerprint density at radius 3 is 2.40 bits per heavy atom. The first-order valence-electron chi connectivity index (χ1n) is 6.36. The van der Waals surface area contributed by atoms with E-state index in [4.69, 9.17) is 5.11 Å². The molecule has 1 aromatic carbocycles. The fourth-order valence-corrected chi connectivity index (χ4v) is 2.02. The van der Waals surface area contributed by atoms with Crippen molar-refractivity contribution in [1.82, 2.24) is 10.2 Å². The summed E-state index contributed by atoms with van der Waals surface area (Å²) in [6, 6.07) is 7.95. The summed E-state index contributed by atoms with van der Waals surface area (Å²) < 4.78 is 0. The van der Waals surface area contributed by atoms with E-state index in [0.717, 1.165) is 0 Å². The molecular weight excluding hydrogens is 260 g/mol. The Balaban J connectivity index is 1.86. The minimum atomic E-state index is -0.893. The highest BCUT2D eigenvalue weighted by molar-refractivity contribution is 5.97.